The standard InChI is InChI=1S/C16H17N5O/c1-2-11-8-14(21-16(19-11)17-9-18-21)20-15-12-6-4-3-5-10(12)7-13(15)22/h3-6,8-9,13,15,20,22H,2,7H2,1H3/t13-,15+/m1/s1. The molecule has 0 saturated carbocycles. The van der Waals surface area contributed by atoms with Gasteiger partial charge in [-0.15, -0.1) is 0 Å². The molecule has 0 spiro atoms. The van der Waals surface area contributed by atoms with Gasteiger partial charge in [0.15, 0.2) is 0 Å². The smallest absolute Gasteiger partial charge is 0.254 e. The Morgan fingerprint density at radius 1 is 1.36 bits per heavy atom. The summed E-state index contributed by atoms with van der Waals surface area (Å²) in [5.41, 5.74) is 3.27. The van der Waals surface area contributed by atoms with Crippen LogP contribution in [-0.2, 0) is 12.8 Å². The Kier molecular flexibility index (Phi) is 3.04. The number of fused-ring (bicyclic) bond motifs is 2. The number of aliphatic hydroxyl groups excluding tert-OH is 1. The van der Waals surface area contributed by atoms with Crippen molar-refractivity contribution in [2.24, 2.45) is 0 Å². The van der Waals surface area contributed by atoms with E-state index >= 15 is 0 Å². The minimum absolute atomic E-state index is 0.143. The number of hydrogen-bond donors (Lipinski definition) is 2. The van der Waals surface area contributed by atoms with E-state index in [1.807, 2.05) is 18.2 Å². The van der Waals surface area contributed by atoms with Crippen LogP contribution < -0.4 is 5.32 Å². The van der Waals surface area contributed by atoms with Gasteiger partial charge in [0, 0.05) is 18.2 Å². The summed E-state index contributed by atoms with van der Waals surface area (Å²) in [6.07, 6.45) is 2.53. The molecular formula is C16H17N5O. The molecule has 2 N–H and O–H groups in total. The lowest BCUT2D eigenvalue weighted by molar-refractivity contribution is 0.165. The van der Waals surface area contributed by atoms with Crippen LogP contribution in [0.25, 0.3) is 5.78 Å². The number of aliphatic hydroxyl groups is 1. The van der Waals surface area contributed by atoms with Crippen LogP contribution in [-0.4, -0.2) is 30.8 Å². The van der Waals surface area contributed by atoms with Gasteiger partial charge in [-0.2, -0.15) is 14.6 Å². The Labute approximate surface area is 127 Å². The summed E-state index contributed by atoms with van der Waals surface area (Å²) < 4.78 is 1.67. The van der Waals surface area contributed by atoms with Crippen LogP contribution >= 0.6 is 0 Å². The van der Waals surface area contributed by atoms with Gasteiger partial charge >= 0.3 is 0 Å². The summed E-state index contributed by atoms with van der Waals surface area (Å²) in [6.45, 7) is 2.05. The van der Waals surface area contributed by atoms with E-state index in [0.717, 1.165) is 23.5 Å². The van der Waals surface area contributed by atoms with Crippen molar-refractivity contribution in [1.82, 2.24) is 19.6 Å². The predicted molar refractivity (Wildman–Crippen MR) is 82.7 cm³/mol. The summed E-state index contributed by atoms with van der Waals surface area (Å²) in [7, 11) is 0. The van der Waals surface area contributed by atoms with Gasteiger partial charge in [-0.25, -0.2) is 4.98 Å². The molecule has 0 saturated heterocycles. The fourth-order valence-electron chi connectivity index (χ4n) is 3.05. The van der Waals surface area contributed by atoms with Gasteiger partial charge in [-0.3, -0.25) is 0 Å². The molecule has 2 aromatic heterocycles. The Morgan fingerprint density at radius 2 is 2.23 bits per heavy atom. The summed E-state index contributed by atoms with van der Waals surface area (Å²) in [5, 5.41) is 18.0. The quantitative estimate of drug-likeness (QED) is 0.770. The van der Waals surface area contributed by atoms with Gasteiger partial charge in [0.2, 0.25) is 0 Å². The molecule has 2 heterocycles. The van der Waals surface area contributed by atoms with Crippen LogP contribution in [0.15, 0.2) is 36.7 Å². The first-order chi connectivity index (χ1) is 10.8. The van der Waals surface area contributed by atoms with Crippen LogP contribution in [0, 0.1) is 0 Å². The lowest BCUT2D eigenvalue weighted by Crippen LogP contribution is -2.22. The summed E-state index contributed by atoms with van der Waals surface area (Å²) in [4.78, 5) is 8.60. The second-order valence-corrected chi connectivity index (χ2v) is 5.55. The fourth-order valence-corrected chi connectivity index (χ4v) is 3.05. The van der Waals surface area contributed by atoms with Crippen molar-refractivity contribution < 1.29 is 5.11 Å². The highest BCUT2D eigenvalue weighted by atomic mass is 16.3. The lowest BCUT2D eigenvalue weighted by atomic mass is 10.1. The average molecular weight is 295 g/mol. The minimum atomic E-state index is -0.450. The molecule has 6 heteroatoms. The highest BCUT2D eigenvalue weighted by molar-refractivity contribution is 5.49. The molecule has 1 aliphatic rings. The summed E-state index contributed by atoms with van der Waals surface area (Å²) in [5.74, 6) is 1.38. The Balaban J connectivity index is 1.76. The van der Waals surface area contributed by atoms with E-state index in [9.17, 15) is 5.11 Å². The van der Waals surface area contributed by atoms with Crippen LogP contribution in [0.4, 0.5) is 5.82 Å². The van der Waals surface area contributed by atoms with E-state index in [1.54, 1.807) is 4.52 Å². The predicted octanol–water partition coefficient (Wildman–Crippen LogP) is 1.76. The molecule has 3 aromatic rings. The van der Waals surface area contributed by atoms with Crippen molar-refractivity contribution in [1.29, 1.82) is 0 Å². The van der Waals surface area contributed by atoms with E-state index in [4.69, 9.17) is 0 Å². The molecule has 4 rings (SSSR count). The van der Waals surface area contributed by atoms with E-state index in [1.165, 1.54) is 11.9 Å². The number of benzene rings is 1. The third-order valence-electron chi connectivity index (χ3n) is 4.17. The monoisotopic (exact) mass is 295 g/mol. The molecular weight excluding hydrogens is 278 g/mol. The number of nitrogens with zero attached hydrogens (tertiary/aromatic N) is 4. The second kappa shape index (κ2) is 5.06. The van der Waals surface area contributed by atoms with Crippen LogP contribution in [0.3, 0.4) is 0 Å². The van der Waals surface area contributed by atoms with Crippen molar-refractivity contribution in [3.05, 3.63) is 53.5 Å². The maximum Gasteiger partial charge on any atom is 0.254 e. The Hall–Kier alpha value is -2.47. The first-order valence-corrected chi connectivity index (χ1v) is 7.48. The van der Waals surface area contributed by atoms with Crippen LogP contribution in [0.2, 0.25) is 0 Å². The number of hydrogen-bond acceptors (Lipinski definition) is 5. The van der Waals surface area contributed by atoms with Crippen molar-refractivity contribution in [3.63, 3.8) is 0 Å². The number of anilines is 1. The molecule has 22 heavy (non-hydrogen) atoms. The molecule has 2 atom stereocenters. The van der Waals surface area contributed by atoms with Crippen LogP contribution in [0.5, 0.6) is 0 Å². The first-order valence-electron chi connectivity index (χ1n) is 7.48. The molecule has 0 bridgehead atoms. The topological polar surface area (TPSA) is 75.3 Å². The van der Waals surface area contributed by atoms with Gasteiger partial charge in [0.25, 0.3) is 5.78 Å². The molecule has 0 amide bonds. The number of rotatable bonds is 3. The van der Waals surface area contributed by atoms with Crippen molar-refractivity contribution >= 4 is 11.6 Å². The highest BCUT2D eigenvalue weighted by Crippen LogP contribution is 2.34. The summed E-state index contributed by atoms with van der Waals surface area (Å²) >= 11 is 0. The molecule has 112 valence electrons. The molecule has 0 aliphatic heterocycles. The molecule has 0 unspecified atom stereocenters. The minimum Gasteiger partial charge on any atom is -0.390 e. The Bertz CT molecular complexity index is 828. The molecule has 1 aromatic carbocycles. The van der Waals surface area contributed by atoms with Crippen molar-refractivity contribution in [3.8, 4) is 0 Å². The zero-order valence-electron chi connectivity index (χ0n) is 12.3. The van der Waals surface area contributed by atoms with E-state index in [0.29, 0.717) is 12.2 Å². The lowest BCUT2D eigenvalue weighted by Gasteiger charge is -2.20. The normalized spacial score (nSPS) is 20.3. The SMILES string of the molecule is CCc1cc(N[C@H]2c3ccccc3C[C@H]2O)n2ncnc2n1. The number of nitrogens with one attached hydrogen (secondary N) is 1. The molecule has 6 nitrogen and oxygen atoms in total. The highest BCUT2D eigenvalue weighted by Gasteiger charge is 2.31. The van der Waals surface area contributed by atoms with Gasteiger partial charge in [-0.05, 0) is 17.5 Å². The molecule has 1 aliphatic carbocycles. The number of aromatic nitrogens is 4. The van der Waals surface area contributed by atoms with Gasteiger partial charge in [0.05, 0.1) is 12.1 Å². The zero-order valence-corrected chi connectivity index (χ0v) is 12.3. The zero-order chi connectivity index (χ0) is 15.1. The van der Waals surface area contributed by atoms with Crippen LogP contribution in [0.1, 0.15) is 29.8 Å². The van der Waals surface area contributed by atoms with E-state index in [-0.39, 0.29) is 6.04 Å². The third-order valence-corrected chi connectivity index (χ3v) is 4.17. The Morgan fingerprint density at radius 3 is 3.09 bits per heavy atom. The second-order valence-electron chi connectivity index (χ2n) is 5.55. The third kappa shape index (κ3) is 2.03. The largest absolute Gasteiger partial charge is 0.390 e. The maximum absolute atomic E-state index is 10.4. The van der Waals surface area contributed by atoms with Crippen molar-refractivity contribution in [2.75, 3.05) is 5.32 Å². The van der Waals surface area contributed by atoms with E-state index in [2.05, 4.69) is 39.4 Å². The average Bonchev–Trinajstić information content (AvgIpc) is 3.12. The summed E-state index contributed by atoms with van der Waals surface area (Å²) in [6, 6.07) is 9.95. The van der Waals surface area contributed by atoms with E-state index < -0.39 is 6.10 Å². The maximum atomic E-state index is 10.4. The fraction of sp³-hybridized carbons (Fsp3) is 0.312. The first kappa shape index (κ1) is 13.2. The van der Waals surface area contributed by atoms with Gasteiger partial charge in [0.1, 0.15) is 12.1 Å². The molecule has 0 radical (unpaired) electrons. The van der Waals surface area contributed by atoms with Gasteiger partial charge < -0.3 is 10.4 Å². The molecule has 0 fully saturated rings. The number of aryl methyl sites for hydroxylation is 1. The van der Waals surface area contributed by atoms with Crippen molar-refractivity contribution in [2.45, 2.75) is 31.9 Å². The van der Waals surface area contributed by atoms with Gasteiger partial charge in [-0.1, -0.05) is 31.2 Å².